The first kappa shape index (κ1) is 16.8. The summed E-state index contributed by atoms with van der Waals surface area (Å²) in [7, 11) is 0. The summed E-state index contributed by atoms with van der Waals surface area (Å²) in [5, 5.41) is 7.23. The fourth-order valence-corrected chi connectivity index (χ4v) is 2.55. The van der Waals surface area contributed by atoms with Crippen molar-refractivity contribution in [1.29, 1.82) is 0 Å². The monoisotopic (exact) mass is 335 g/mol. The smallest absolute Gasteiger partial charge is 0.260 e. The Morgan fingerprint density at radius 2 is 1.88 bits per heavy atom. The van der Waals surface area contributed by atoms with Gasteiger partial charge in [0.1, 0.15) is 11.6 Å². The molecule has 1 amide bonds. The van der Waals surface area contributed by atoms with E-state index in [0.717, 1.165) is 5.56 Å². The molecule has 25 heavy (non-hydrogen) atoms. The highest BCUT2D eigenvalue weighted by atomic mass is 16.5. The summed E-state index contributed by atoms with van der Waals surface area (Å²) in [5.74, 6) is 1.01. The molecule has 1 aromatic heterocycles. The third kappa shape index (κ3) is 4.07. The molecule has 0 aliphatic carbocycles. The highest BCUT2D eigenvalue weighted by Gasteiger charge is 2.14. The first-order valence-corrected chi connectivity index (χ1v) is 8.28. The first-order chi connectivity index (χ1) is 12.2. The molecule has 0 saturated carbocycles. The van der Waals surface area contributed by atoms with Crippen LogP contribution < -0.4 is 10.1 Å². The van der Waals surface area contributed by atoms with Gasteiger partial charge < -0.3 is 10.1 Å². The highest BCUT2D eigenvalue weighted by molar-refractivity contribution is 6.05. The lowest BCUT2D eigenvalue weighted by atomic mass is 10.1. The minimum Gasteiger partial charge on any atom is -0.493 e. The molecule has 0 aliphatic rings. The number of aromatic nitrogens is 2. The van der Waals surface area contributed by atoms with Gasteiger partial charge in [-0.3, -0.25) is 4.79 Å². The van der Waals surface area contributed by atoms with Gasteiger partial charge in [-0.25, -0.2) is 4.68 Å². The van der Waals surface area contributed by atoms with Crippen LogP contribution in [0.1, 0.15) is 28.4 Å². The van der Waals surface area contributed by atoms with Gasteiger partial charge in [-0.05, 0) is 31.5 Å². The number of hydrogen-bond donors (Lipinski definition) is 1. The Bertz CT molecular complexity index is 853. The molecule has 0 atom stereocenters. The summed E-state index contributed by atoms with van der Waals surface area (Å²) in [6, 6.07) is 17.3. The third-order valence-electron chi connectivity index (χ3n) is 3.84. The number of nitrogens with one attached hydrogen (secondary N) is 1. The van der Waals surface area contributed by atoms with Gasteiger partial charge in [0.15, 0.2) is 0 Å². The van der Waals surface area contributed by atoms with E-state index >= 15 is 0 Å². The summed E-state index contributed by atoms with van der Waals surface area (Å²) < 4.78 is 7.30. The molecule has 1 heterocycles. The molecule has 0 spiro atoms. The molecular weight excluding hydrogens is 314 g/mol. The minimum absolute atomic E-state index is 0.213. The minimum atomic E-state index is -0.213. The van der Waals surface area contributed by atoms with Crippen LogP contribution in [-0.2, 0) is 6.54 Å². The molecule has 128 valence electrons. The summed E-state index contributed by atoms with van der Waals surface area (Å²) in [6.45, 7) is 5.05. The number of aryl methyl sites for hydroxylation is 1. The molecule has 0 unspecified atom stereocenters. The second-order valence-electron chi connectivity index (χ2n) is 5.74. The largest absolute Gasteiger partial charge is 0.493 e. The van der Waals surface area contributed by atoms with Gasteiger partial charge in [0, 0.05) is 6.07 Å². The fourth-order valence-electron chi connectivity index (χ4n) is 2.55. The second-order valence-corrected chi connectivity index (χ2v) is 5.74. The molecule has 3 aromatic rings. The molecule has 3 rings (SSSR count). The molecule has 0 bridgehead atoms. The summed E-state index contributed by atoms with van der Waals surface area (Å²) >= 11 is 0. The topological polar surface area (TPSA) is 56.1 Å². The number of hydrogen-bond acceptors (Lipinski definition) is 3. The Kier molecular flexibility index (Phi) is 5.14. The van der Waals surface area contributed by atoms with Gasteiger partial charge in [0.2, 0.25) is 0 Å². The lowest BCUT2D eigenvalue weighted by molar-refractivity contribution is 0.102. The van der Waals surface area contributed by atoms with Crippen molar-refractivity contribution in [3.8, 4) is 5.75 Å². The van der Waals surface area contributed by atoms with E-state index in [2.05, 4.69) is 41.6 Å². The highest BCUT2D eigenvalue weighted by Crippen LogP contribution is 2.20. The van der Waals surface area contributed by atoms with Crippen LogP contribution in [0.25, 0.3) is 0 Å². The SMILES string of the molecule is CCOc1ccccc1C(=O)Nc1ccnn1Cc1ccc(C)cc1. The van der Waals surface area contributed by atoms with Crippen molar-refractivity contribution < 1.29 is 9.53 Å². The molecule has 0 aliphatic heterocycles. The molecule has 1 N–H and O–H groups in total. The van der Waals surface area contributed by atoms with Crippen molar-refractivity contribution in [2.24, 2.45) is 0 Å². The Balaban J connectivity index is 1.77. The summed E-state index contributed by atoms with van der Waals surface area (Å²) in [4.78, 5) is 12.6. The average molecular weight is 335 g/mol. The third-order valence-corrected chi connectivity index (χ3v) is 3.84. The summed E-state index contributed by atoms with van der Waals surface area (Å²) in [5.41, 5.74) is 2.84. The molecule has 0 saturated heterocycles. The van der Waals surface area contributed by atoms with E-state index in [1.165, 1.54) is 5.56 Å². The van der Waals surface area contributed by atoms with Crippen molar-refractivity contribution in [3.63, 3.8) is 0 Å². The van der Waals surface area contributed by atoms with Gasteiger partial charge in [0.05, 0.1) is 24.9 Å². The second kappa shape index (κ2) is 7.66. The zero-order valence-electron chi connectivity index (χ0n) is 14.4. The number of ether oxygens (including phenoxy) is 1. The average Bonchev–Trinajstić information content (AvgIpc) is 3.04. The summed E-state index contributed by atoms with van der Waals surface area (Å²) in [6.07, 6.45) is 1.68. The van der Waals surface area contributed by atoms with Gasteiger partial charge in [0.25, 0.3) is 5.91 Å². The number of carbonyl (C=O) groups is 1. The lowest BCUT2D eigenvalue weighted by Gasteiger charge is -2.12. The maximum Gasteiger partial charge on any atom is 0.260 e. The fraction of sp³-hybridized carbons (Fsp3) is 0.200. The molecule has 5 nitrogen and oxygen atoms in total. The molecule has 0 fully saturated rings. The van der Waals surface area contributed by atoms with Crippen LogP contribution in [0.2, 0.25) is 0 Å². The number of para-hydroxylation sites is 1. The predicted octanol–water partition coefficient (Wildman–Crippen LogP) is 3.89. The number of nitrogens with zero attached hydrogens (tertiary/aromatic N) is 2. The maximum absolute atomic E-state index is 12.6. The van der Waals surface area contributed by atoms with Crippen LogP contribution in [-0.4, -0.2) is 22.3 Å². The molecule has 5 heteroatoms. The number of carbonyl (C=O) groups excluding carboxylic acids is 1. The van der Waals surface area contributed by atoms with E-state index in [1.54, 1.807) is 29.1 Å². The number of rotatable bonds is 6. The van der Waals surface area contributed by atoms with Gasteiger partial charge in [-0.2, -0.15) is 5.10 Å². The zero-order chi connectivity index (χ0) is 17.6. The van der Waals surface area contributed by atoms with Crippen LogP contribution in [0.4, 0.5) is 5.82 Å². The van der Waals surface area contributed by atoms with Crippen molar-refractivity contribution in [2.45, 2.75) is 20.4 Å². The number of amides is 1. The lowest BCUT2D eigenvalue weighted by Crippen LogP contribution is -2.17. The Morgan fingerprint density at radius 1 is 1.12 bits per heavy atom. The van der Waals surface area contributed by atoms with Crippen molar-refractivity contribution in [3.05, 3.63) is 77.5 Å². The number of benzene rings is 2. The van der Waals surface area contributed by atoms with Crippen LogP contribution >= 0.6 is 0 Å². The molecular formula is C20H21N3O2. The van der Waals surface area contributed by atoms with Crippen molar-refractivity contribution >= 4 is 11.7 Å². The van der Waals surface area contributed by atoms with E-state index in [-0.39, 0.29) is 5.91 Å². The Labute approximate surface area is 147 Å². The Hall–Kier alpha value is -3.08. The predicted molar refractivity (Wildman–Crippen MR) is 98.1 cm³/mol. The van der Waals surface area contributed by atoms with E-state index in [4.69, 9.17) is 4.74 Å². The van der Waals surface area contributed by atoms with Crippen LogP contribution in [0.5, 0.6) is 5.75 Å². The quantitative estimate of drug-likeness (QED) is 0.743. The Morgan fingerprint density at radius 3 is 2.64 bits per heavy atom. The van der Waals surface area contributed by atoms with Gasteiger partial charge >= 0.3 is 0 Å². The van der Waals surface area contributed by atoms with Crippen molar-refractivity contribution in [2.75, 3.05) is 11.9 Å². The standard InChI is InChI=1S/C20H21N3O2/c1-3-25-18-7-5-4-6-17(18)20(24)22-19-12-13-21-23(19)14-16-10-8-15(2)9-11-16/h4-13H,3,14H2,1-2H3,(H,22,24). The maximum atomic E-state index is 12.6. The van der Waals surface area contributed by atoms with Gasteiger partial charge in [-0.15, -0.1) is 0 Å². The van der Waals surface area contributed by atoms with E-state index < -0.39 is 0 Å². The van der Waals surface area contributed by atoms with E-state index in [9.17, 15) is 4.79 Å². The molecule has 2 aromatic carbocycles. The van der Waals surface area contributed by atoms with Gasteiger partial charge in [-0.1, -0.05) is 42.0 Å². The van der Waals surface area contributed by atoms with Crippen LogP contribution in [0, 0.1) is 6.92 Å². The first-order valence-electron chi connectivity index (χ1n) is 8.28. The van der Waals surface area contributed by atoms with Crippen LogP contribution in [0.3, 0.4) is 0 Å². The van der Waals surface area contributed by atoms with E-state index in [1.807, 2.05) is 19.1 Å². The van der Waals surface area contributed by atoms with E-state index in [0.29, 0.717) is 30.3 Å². The van der Waals surface area contributed by atoms with Crippen LogP contribution in [0.15, 0.2) is 60.8 Å². The molecule has 0 radical (unpaired) electrons. The zero-order valence-corrected chi connectivity index (χ0v) is 14.4. The van der Waals surface area contributed by atoms with Crippen molar-refractivity contribution in [1.82, 2.24) is 9.78 Å². The normalized spacial score (nSPS) is 10.5. The number of anilines is 1.